The zero-order valence-electron chi connectivity index (χ0n) is 23.6. The Bertz CT molecular complexity index is 1940. The predicted octanol–water partition coefficient (Wildman–Crippen LogP) is 6.48. The van der Waals surface area contributed by atoms with Crippen molar-refractivity contribution in [3.8, 4) is 28.2 Å². The van der Waals surface area contributed by atoms with Crippen LogP contribution in [-0.4, -0.2) is 40.2 Å². The lowest BCUT2D eigenvalue weighted by atomic mass is 9.87. The van der Waals surface area contributed by atoms with Gasteiger partial charge in [0.1, 0.15) is 0 Å². The maximum absolute atomic E-state index is 14.1. The van der Waals surface area contributed by atoms with E-state index in [1.54, 1.807) is 56.6 Å². The van der Waals surface area contributed by atoms with E-state index in [1.807, 2.05) is 6.07 Å². The highest BCUT2D eigenvalue weighted by atomic mass is 35.5. The molecule has 5 heterocycles. The largest absolute Gasteiger partial charge is 0.333 e. The highest BCUT2D eigenvalue weighted by molar-refractivity contribution is 6.31. The number of pyridine rings is 2. The third-order valence-electron chi connectivity index (χ3n) is 7.88. The summed E-state index contributed by atoms with van der Waals surface area (Å²) in [5.74, 6) is -1.17. The number of fused-ring (bicyclic) bond motifs is 4. The molecule has 1 aromatic carbocycles. The number of halogens is 4. The van der Waals surface area contributed by atoms with Gasteiger partial charge in [0.25, 0.3) is 5.56 Å². The number of benzene rings is 1. The molecule has 0 spiro atoms. The van der Waals surface area contributed by atoms with Crippen molar-refractivity contribution in [2.75, 3.05) is 5.32 Å². The van der Waals surface area contributed by atoms with Crippen LogP contribution in [0.1, 0.15) is 49.9 Å². The van der Waals surface area contributed by atoms with Crippen molar-refractivity contribution in [2.45, 2.75) is 38.7 Å². The maximum atomic E-state index is 14.1. The molecule has 1 aliphatic rings. The van der Waals surface area contributed by atoms with Crippen molar-refractivity contribution < 1.29 is 13.6 Å². The SMILES string of the molecule is C[C@@H]1CCCC(c2ccc(-c3cc(Cl)ccc3-n3cc(Cl)nn3)n(C)c2=O)c2cc(ccn2)-c2c(cnn2C(F)F)NC1=O. The third kappa shape index (κ3) is 5.50. The van der Waals surface area contributed by atoms with Crippen LogP contribution in [0.3, 0.4) is 0 Å². The number of anilines is 1. The quantitative estimate of drug-likeness (QED) is 0.241. The Morgan fingerprint density at radius 2 is 1.89 bits per heavy atom. The number of alkyl halides is 2. The number of nitrogens with one attached hydrogen (secondary N) is 1. The average Bonchev–Trinajstić information content (AvgIpc) is 3.63. The van der Waals surface area contributed by atoms with E-state index in [1.165, 1.54) is 21.6 Å². The summed E-state index contributed by atoms with van der Waals surface area (Å²) in [5.41, 5.74) is 3.23. The van der Waals surface area contributed by atoms with E-state index in [4.69, 9.17) is 23.2 Å². The van der Waals surface area contributed by atoms with Crippen molar-refractivity contribution in [3.63, 3.8) is 0 Å². The lowest BCUT2D eigenvalue weighted by Crippen LogP contribution is -2.26. The number of nitrogens with zero attached hydrogens (tertiary/aromatic N) is 7. The number of amides is 1. The number of rotatable bonds is 4. The second kappa shape index (κ2) is 11.9. The van der Waals surface area contributed by atoms with Gasteiger partial charge in [0.2, 0.25) is 5.91 Å². The summed E-state index contributed by atoms with van der Waals surface area (Å²) in [6, 6.07) is 12.0. The van der Waals surface area contributed by atoms with E-state index in [2.05, 4.69) is 25.7 Å². The first-order valence-corrected chi connectivity index (χ1v) is 14.6. The molecule has 14 heteroatoms. The minimum absolute atomic E-state index is 0.0634. The van der Waals surface area contributed by atoms with E-state index < -0.39 is 18.4 Å². The summed E-state index contributed by atoms with van der Waals surface area (Å²) >= 11 is 12.4. The van der Waals surface area contributed by atoms with E-state index in [0.29, 0.717) is 62.7 Å². The number of hydrogen-bond acceptors (Lipinski definition) is 6. The number of carbonyl (C=O) groups is 1. The highest BCUT2D eigenvalue weighted by Crippen LogP contribution is 2.37. The van der Waals surface area contributed by atoms with Crippen LogP contribution >= 0.6 is 23.2 Å². The molecule has 2 bridgehead atoms. The van der Waals surface area contributed by atoms with Gasteiger partial charge in [-0.05, 0) is 49.2 Å². The first kappa shape index (κ1) is 29.6. The molecule has 1 amide bonds. The molecular formula is C30H26Cl2F2N8O2. The molecule has 1 aliphatic heterocycles. The standard InChI is InChI=1S/C30H26Cl2F2N8O2/c1-16-4-3-5-19(22-12-17(10-11-35-22)27-23(37-28(16)43)14-36-42(27)30(33)34)20-7-9-24(40(2)29(20)44)21-13-18(31)6-8-25(21)41-15-26(32)38-39-41/h6-16,19,30H,3-5H2,1-2H3,(H,37,43)/t16-,19?/m1/s1. The topological polar surface area (TPSA) is 113 Å². The molecule has 4 aromatic heterocycles. The number of aromatic nitrogens is 7. The zero-order valence-corrected chi connectivity index (χ0v) is 25.1. The normalized spacial score (nSPS) is 17.1. The molecule has 0 aliphatic carbocycles. The smallest absolute Gasteiger partial charge is 0.323 e. The van der Waals surface area contributed by atoms with Gasteiger partial charge in [-0.25, -0.2) is 9.36 Å². The van der Waals surface area contributed by atoms with E-state index in [-0.39, 0.29) is 28.0 Å². The second-order valence-corrected chi connectivity index (χ2v) is 11.5. The fourth-order valence-electron chi connectivity index (χ4n) is 5.62. The van der Waals surface area contributed by atoms with Crippen LogP contribution in [0.5, 0.6) is 0 Å². The summed E-state index contributed by atoms with van der Waals surface area (Å²) in [6.07, 6.45) is 5.93. The van der Waals surface area contributed by atoms with Gasteiger partial charge in [-0.15, -0.1) is 5.10 Å². The first-order valence-electron chi connectivity index (χ1n) is 13.8. The van der Waals surface area contributed by atoms with Crippen LogP contribution in [0.4, 0.5) is 14.5 Å². The van der Waals surface area contributed by atoms with Gasteiger partial charge in [-0.1, -0.05) is 47.8 Å². The molecule has 10 nitrogen and oxygen atoms in total. The molecule has 5 aromatic rings. The summed E-state index contributed by atoms with van der Waals surface area (Å²) < 4.78 is 31.5. The molecule has 0 saturated carbocycles. The molecular weight excluding hydrogens is 613 g/mol. The Morgan fingerprint density at radius 3 is 2.64 bits per heavy atom. The number of hydrogen-bond donors (Lipinski definition) is 1. The fourth-order valence-corrected chi connectivity index (χ4v) is 5.92. The summed E-state index contributed by atoms with van der Waals surface area (Å²) in [5, 5.41) is 15.2. The molecule has 2 atom stereocenters. The van der Waals surface area contributed by atoms with Crippen LogP contribution in [0, 0.1) is 5.92 Å². The van der Waals surface area contributed by atoms with Gasteiger partial charge in [0.05, 0.1) is 35.2 Å². The average molecular weight is 639 g/mol. The monoisotopic (exact) mass is 638 g/mol. The minimum Gasteiger partial charge on any atom is -0.323 e. The third-order valence-corrected chi connectivity index (χ3v) is 8.29. The van der Waals surface area contributed by atoms with E-state index >= 15 is 0 Å². The maximum Gasteiger partial charge on any atom is 0.333 e. The van der Waals surface area contributed by atoms with Crippen molar-refractivity contribution in [1.29, 1.82) is 0 Å². The lowest BCUT2D eigenvalue weighted by Gasteiger charge is -2.22. The van der Waals surface area contributed by atoms with Gasteiger partial charge in [-0.3, -0.25) is 14.6 Å². The first-order chi connectivity index (χ1) is 21.1. The lowest BCUT2D eigenvalue weighted by molar-refractivity contribution is -0.119. The molecule has 0 fully saturated rings. The molecule has 6 rings (SSSR count). The Hall–Kier alpha value is -4.42. The Kier molecular flexibility index (Phi) is 8.04. The van der Waals surface area contributed by atoms with Gasteiger partial charge >= 0.3 is 6.55 Å². The Balaban J connectivity index is 1.48. The Morgan fingerprint density at radius 1 is 1.07 bits per heavy atom. The zero-order chi connectivity index (χ0) is 31.1. The van der Waals surface area contributed by atoms with E-state index in [9.17, 15) is 18.4 Å². The molecule has 0 saturated heterocycles. The summed E-state index contributed by atoms with van der Waals surface area (Å²) in [7, 11) is 1.67. The van der Waals surface area contributed by atoms with E-state index in [0.717, 1.165) is 0 Å². The van der Waals surface area contributed by atoms with Gasteiger partial charge in [0, 0.05) is 52.5 Å². The van der Waals surface area contributed by atoms with Crippen LogP contribution in [-0.2, 0) is 11.8 Å². The van der Waals surface area contributed by atoms with Crippen LogP contribution in [0.2, 0.25) is 10.2 Å². The van der Waals surface area contributed by atoms with Crippen LogP contribution in [0.25, 0.3) is 28.2 Å². The fraction of sp³-hybridized carbons (Fsp3) is 0.267. The summed E-state index contributed by atoms with van der Waals surface area (Å²) in [4.78, 5) is 31.6. The molecule has 1 unspecified atom stereocenters. The van der Waals surface area contributed by atoms with Gasteiger partial charge < -0.3 is 9.88 Å². The Labute approximate surface area is 260 Å². The van der Waals surface area contributed by atoms with Gasteiger partial charge in [-0.2, -0.15) is 13.9 Å². The van der Waals surface area contributed by atoms with Crippen molar-refractivity contribution in [2.24, 2.45) is 13.0 Å². The molecule has 226 valence electrons. The van der Waals surface area contributed by atoms with Crippen molar-refractivity contribution in [3.05, 3.63) is 92.8 Å². The second-order valence-electron chi connectivity index (χ2n) is 10.7. The van der Waals surface area contributed by atoms with Crippen LogP contribution in [0.15, 0.2) is 65.8 Å². The molecule has 0 radical (unpaired) electrons. The minimum atomic E-state index is -2.93. The summed E-state index contributed by atoms with van der Waals surface area (Å²) in [6.45, 7) is -1.15. The molecule has 44 heavy (non-hydrogen) atoms. The van der Waals surface area contributed by atoms with Crippen molar-refractivity contribution >= 4 is 34.8 Å². The number of carbonyl (C=O) groups excluding carboxylic acids is 1. The van der Waals surface area contributed by atoms with Crippen molar-refractivity contribution in [1.82, 2.24) is 34.3 Å². The predicted molar refractivity (Wildman–Crippen MR) is 162 cm³/mol. The molecule has 1 N–H and O–H groups in total. The van der Waals surface area contributed by atoms with Crippen LogP contribution < -0.4 is 10.9 Å². The highest BCUT2D eigenvalue weighted by Gasteiger charge is 2.27. The van der Waals surface area contributed by atoms with Gasteiger partial charge in [0.15, 0.2) is 5.15 Å².